The third-order valence-corrected chi connectivity index (χ3v) is 5.79. The molecule has 0 radical (unpaired) electrons. The fourth-order valence-corrected chi connectivity index (χ4v) is 3.76. The number of carbonyl (C=O) groups excluding carboxylic acids is 1. The fourth-order valence-electron chi connectivity index (χ4n) is 3.76. The molecule has 5 aromatic rings. The van der Waals surface area contributed by atoms with Crippen LogP contribution in [-0.4, -0.2) is 25.8 Å². The van der Waals surface area contributed by atoms with E-state index in [0.29, 0.717) is 34.2 Å². The molecule has 0 aliphatic carbocycles. The van der Waals surface area contributed by atoms with E-state index in [1.165, 1.54) is 35.5 Å². The Kier molecular flexibility index (Phi) is 6.99. The summed E-state index contributed by atoms with van der Waals surface area (Å²) < 4.78 is 27.2. The lowest BCUT2D eigenvalue weighted by Crippen LogP contribution is -2.22. The highest BCUT2D eigenvalue weighted by Gasteiger charge is 2.22. The molecular formula is C29H24FN7O3. The van der Waals surface area contributed by atoms with Crippen molar-refractivity contribution in [2.24, 2.45) is 0 Å². The van der Waals surface area contributed by atoms with Crippen LogP contribution in [0.1, 0.15) is 32.0 Å². The lowest BCUT2D eigenvalue weighted by Gasteiger charge is -2.14. The zero-order valence-electron chi connectivity index (χ0n) is 21.8. The molecular weight excluding hydrogens is 513 g/mol. The van der Waals surface area contributed by atoms with Gasteiger partial charge in [0.1, 0.15) is 35.1 Å². The van der Waals surface area contributed by atoms with Crippen molar-refractivity contribution in [1.82, 2.24) is 19.7 Å². The number of oxazole rings is 1. The quantitative estimate of drug-likeness (QED) is 0.247. The van der Waals surface area contributed by atoms with Crippen LogP contribution in [0.5, 0.6) is 11.5 Å². The summed E-state index contributed by atoms with van der Waals surface area (Å²) in [6.07, 6.45) is 4.30. The predicted molar refractivity (Wildman–Crippen MR) is 146 cm³/mol. The van der Waals surface area contributed by atoms with Crippen LogP contribution in [0.3, 0.4) is 0 Å². The van der Waals surface area contributed by atoms with Gasteiger partial charge in [-0.1, -0.05) is 26.8 Å². The molecule has 2 aromatic carbocycles. The molecule has 0 bridgehead atoms. The summed E-state index contributed by atoms with van der Waals surface area (Å²) in [5.74, 6) is 0.322. The number of nitrogens with one attached hydrogen (secondary N) is 2. The van der Waals surface area contributed by atoms with Crippen LogP contribution in [-0.2, 0) is 5.41 Å². The summed E-state index contributed by atoms with van der Waals surface area (Å²) in [6.45, 7) is 5.99. The van der Waals surface area contributed by atoms with E-state index in [0.717, 1.165) is 5.69 Å². The summed E-state index contributed by atoms with van der Waals surface area (Å²) in [6, 6.07) is 17.4. The number of benzene rings is 2. The van der Waals surface area contributed by atoms with Gasteiger partial charge in [-0.05, 0) is 36.4 Å². The normalized spacial score (nSPS) is 11.1. The molecule has 0 saturated carbocycles. The van der Waals surface area contributed by atoms with Crippen molar-refractivity contribution >= 4 is 17.5 Å². The molecule has 0 unspecified atom stereocenters. The molecule has 5 rings (SSSR count). The molecule has 40 heavy (non-hydrogen) atoms. The Bertz CT molecular complexity index is 1720. The SMILES string of the molecule is CC(C)(C)c1cc(NC(=O)Nc2ccc(Oc3ccnc(-c4cocn4)c3)cc2F)n(-c2cccc(C#N)c2)n1. The molecule has 2 N–H and O–H groups in total. The summed E-state index contributed by atoms with van der Waals surface area (Å²) >= 11 is 0. The number of carbonyl (C=O) groups is 1. The van der Waals surface area contributed by atoms with Gasteiger partial charge >= 0.3 is 6.03 Å². The van der Waals surface area contributed by atoms with Gasteiger partial charge in [-0.25, -0.2) is 18.9 Å². The number of pyridine rings is 1. The van der Waals surface area contributed by atoms with E-state index in [1.54, 1.807) is 48.7 Å². The third kappa shape index (κ3) is 5.81. The Morgan fingerprint density at radius 1 is 1.02 bits per heavy atom. The summed E-state index contributed by atoms with van der Waals surface area (Å²) in [4.78, 5) is 21.2. The molecule has 3 heterocycles. The first-order valence-corrected chi connectivity index (χ1v) is 12.2. The second-order valence-electron chi connectivity index (χ2n) is 9.81. The third-order valence-electron chi connectivity index (χ3n) is 5.79. The van der Waals surface area contributed by atoms with E-state index in [4.69, 9.17) is 9.15 Å². The average Bonchev–Trinajstić information content (AvgIpc) is 3.61. The van der Waals surface area contributed by atoms with E-state index in [9.17, 15) is 14.4 Å². The first-order chi connectivity index (χ1) is 19.2. The number of anilines is 2. The van der Waals surface area contributed by atoms with Gasteiger partial charge in [0.2, 0.25) is 0 Å². The van der Waals surface area contributed by atoms with Crippen LogP contribution >= 0.6 is 0 Å². The maximum absolute atomic E-state index is 14.9. The second kappa shape index (κ2) is 10.7. The Morgan fingerprint density at radius 2 is 1.85 bits per heavy atom. The summed E-state index contributed by atoms with van der Waals surface area (Å²) in [7, 11) is 0. The fraction of sp³-hybridized carbons (Fsp3) is 0.138. The highest BCUT2D eigenvalue weighted by atomic mass is 19.1. The minimum Gasteiger partial charge on any atom is -0.457 e. The zero-order chi connectivity index (χ0) is 28.3. The summed E-state index contributed by atoms with van der Waals surface area (Å²) in [5, 5.41) is 19.2. The van der Waals surface area contributed by atoms with E-state index in [1.807, 2.05) is 20.8 Å². The Balaban J connectivity index is 1.32. The number of rotatable bonds is 6. The van der Waals surface area contributed by atoms with E-state index >= 15 is 0 Å². The topological polar surface area (TPSA) is 131 Å². The Morgan fingerprint density at radius 3 is 2.58 bits per heavy atom. The molecule has 0 aliphatic heterocycles. The minimum absolute atomic E-state index is 0.0450. The number of nitriles is 1. The molecule has 2 amide bonds. The first-order valence-electron chi connectivity index (χ1n) is 12.2. The van der Waals surface area contributed by atoms with Crippen LogP contribution in [0.4, 0.5) is 20.7 Å². The van der Waals surface area contributed by atoms with Gasteiger partial charge in [-0.3, -0.25) is 10.3 Å². The maximum atomic E-state index is 14.9. The van der Waals surface area contributed by atoms with Crippen molar-refractivity contribution in [3.63, 3.8) is 0 Å². The molecule has 11 heteroatoms. The van der Waals surface area contributed by atoms with E-state index < -0.39 is 11.8 Å². The van der Waals surface area contributed by atoms with E-state index in [2.05, 4.69) is 31.8 Å². The number of hydrogen-bond acceptors (Lipinski definition) is 7. The van der Waals surface area contributed by atoms with Crippen molar-refractivity contribution in [2.75, 3.05) is 10.6 Å². The van der Waals surface area contributed by atoms with Crippen LogP contribution < -0.4 is 15.4 Å². The number of aromatic nitrogens is 4. The van der Waals surface area contributed by atoms with Crippen molar-refractivity contribution in [1.29, 1.82) is 5.26 Å². The highest BCUT2D eigenvalue weighted by molar-refractivity contribution is 5.99. The first kappa shape index (κ1) is 26.1. The van der Waals surface area contributed by atoms with Crippen molar-refractivity contribution < 1.29 is 18.3 Å². The Hall–Kier alpha value is -5.50. The van der Waals surface area contributed by atoms with Gasteiger partial charge in [-0.15, -0.1) is 0 Å². The number of nitrogens with zero attached hydrogens (tertiary/aromatic N) is 5. The lowest BCUT2D eigenvalue weighted by molar-refractivity contribution is 0.262. The van der Waals surface area contributed by atoms with Crippen LogP contribution in [0.2, 0.25) is 0 Å². The largest absolute Gasteiger partial charge is 0.457 e. The van der Waals surface area contributed by atoms with Gasteiger partial charge in [0.15, 0.2) is 6.39 Å². The second-order valence-corrected chi connectivity index (χ2v) is 9.81. The van der Waals surface area contributed by atoms with Crippen LogP contribution in [0.25, 0.3) is 17.1 Å². The number of amides is 2. The molecule has 0 atom stereocenters. The molecule has 0 saturated heterocycles. The Labute approximate surface area is 229 Å². The minimum atomic E-state index is -0.691. The number of halogens is 1. The van der Waals surface area contributed by atoms with Gasteiger partial charge in [0.25, 0.3) is 0 Å². The van der Waals surface area contributed by atoms with Crippen molar-refractivity contribution in [3.8, 4) is 34.6 Å². The average molecular weight is 538 g/mol. The zero-order valence-corrected chi connectivity index (χ0v) is 21.8. The highest BCUT2D eigenvalue weighted by Crippen LogP contribution is 2.29. The molecule has 0 fully saturated rings. The molecule has 3 aromatic heterocycles. The van der Waals surface area contributed by atoms with E-state index in [-0.39, 0.29) is 16.9 Å². The van der Waals surface area contributed by atoms with Gasteiger partial charge in [-0.2, -0.15) is 10.4 Å². The molecule has 0 spiro atoms. The lowest BCUT2D eigenvalue weighted by atomic mass is 9.92. The monoisotopic (exact) mass is 537 g/mol. The molecule has 10 nitrogen and oxygen atoms in total. The maximum Gasteiger partial charge on any atom is 0.324 e. The molecule has 200 valence electrons. The number of urea groups is 1. The standard InChI is InChI=1S/C29H24FN7O3/c1-29(2,3)26-14-27(37(36-26)19-6-4-5-18(11-19)15-31)35-28(38)34-23-8-7-20(12-22(23)30)40-21-9-10-32-24(13-21)25-16-39-17-33-25/h4-14,16-17H,1-3H3,(H2,34,35,38). The van der Waals surface area contributed by atoms with Gasteiger partial charge in [0.05, 0.1) is 34.4 Å². The van der Waals surface area contributed by atoms with Crippen molar-refractivity contribution in [2.45, 2.75) is 26.2 Å². The van der Waals surface area contributed by atoms with Gasteiger partial charge in [0, 0.05) is 29.8 Å². The van der Waals surface area contributed by atoms with Crippen molar-refractivity contribution in [3.05, 3.63) is 96.6 Å². The number of ether oxygens (including phenoxy) is 1. The smallest absolute Gasteiger partial charge is 0.324 e. The summed E-state index contributed by atoms with van der Waals surface area (Å²) in [5.41, 5.74) is 2.49. The van der Waals surface area contributed by atoms with Crippen LogP contribution in [0.15, 0.2) is 83.9 Å². The van der Waals surface area contributed by atoms with Crippen LogP contribution in [0, 0.1) is 17.1 Å². The van der Waals surface area contributed by atoms with Gasteiger partial charge < -0.3 is 14.5 Å². The molecule has 0 aliphatic rings. The predicted octanol–water partition coefficient (Wildman–Crippen LogP) is 6.67. The number of hydrogen-bond donors (Lipinski definition) is 2.